The van der Waals surface area contributed by atoms with Gasteiger partial charge >= 0.3 is 0 Å². The van der Waals surface area contributed by atoms with E-state index in [9.17, 15) is 4.39 Å². The monoisotopic (exact) mass is 375 g/mol. The van der Waals surface area contributed by atoms with Crippen molar-refractivity contribution >= 4 is 18.2 Å². The minimum atomic E-state index is -0.842. The Labute approximate surface area is 152 Å². The zero-order valence-electron chi connectivity index (χ0n) is 13.6. The van der Waals surface area contributed by atoms with Crippen LogP contribution in [0.2, 0.25) is 0 Å². The third kappa shape index (κ3) is 4.16. The molecular formula is C16H14FN5O3S. The molecule has 134 valence electrons. The number of nitrogens with zero attached hydrogens (tertiary/aromatic N) is 4. The summed E-state index contributed by atoms with van der Waals surface area (Å²) in [4.78, 5) is 9.48. The minimum Gasteiger partial charge on any atom is -0.474 e. The predicted molar refractivity (Wildman–Crippen MR) is 92.1 cm³/mol. The van der Waals surface area contributed by atoms with Crippen LogP contribution in [-0.2, 0) is 4.84 Å². The normalized spacial score (nSPS) is 12.3. The maximum atomic E-state index is 13.9. The van der Waals surface area contributed by atoms with Crippen molar-refractivity contribution in [2.75, 3.05) is 7.11 Å². The highest BCUT2D eigenvalue weighted by molar-refractivity contribution is 7.97. The molecule has 0 aliphatic rings. The Morgan fingerprint density at radius 1 is 1.38 bits per heavy atom. The van der Waals surface area contributed by atoms with Crippen LogP contribution in [0.5, 0.6) is 5.75 Å². The number of aromatic nitrogens is 3. The summed E-state index contributed by atoms with van der Waals surface area (Å²) in [5, 5.41) is 16.7. The molecule has 2 N–H and O–H groups in total. The van der Waals surface area contributed by atoms with Crippen molar-refractivity contribution in [1.29, 1.82) is 0 Å². The molecule has 0 saturated carbocycles. The highest BCUT2D eigenvalue weighted by Crippen LogP contribution is 2.28. The predicted octanol–water partition coefficient (Wildman–Crippen LogP) is 2.72. The molecule has 0 radical (unpaired) electrons. The SMILES string of the molecule is CO/N=C/c1cc(C(Oc2cccc(SN)c2)c2nnco2)ncc1F. The second-order valence-electron chi connectivity index (χ2n) is 4.92. The number of nitrogens with two attached hydrogens (primary N) is 1. The first-order valence-electron chi connectivity index (χ1n) is 7.32. The summed E-state index contributed by atoms with van der Waals surface area (Å²) < 4.78 is 25.1. The zero-order chi connectivity index (χ0) is 18.4. The van der Waals surface area contributed by atoms with Gasteiger partial charge in [-0.1, -0.05) is 11.2 Å². The molecule has 0 spiro atoms. The lowest BCUT2D eigenvalue weighted by Crippen LogP contribution is -2.13. The fourth-order valence-corrected chi connectivity index (χ4v) is 2.45. The quantitative estimate of drug-likeness (QED) is 0.381. The Morgan fingerprint density at radius 2 is 2.27 bits per heavy atom. The van der Waals surface area contributed by atoms with E-state index in [-0.39, 0.29) is 11.5 Å². The first-order chi connectivity index (χ1) is 12.7. The topological polar surface area (TPSA) is 109 Å². The number of hydrogen-bond donors (Lipinski definition) is 1. The van der Waals surface area contributed by atoms with Crippen LogP contribution in [0.1, 0.15) is 23.3 Å². The number of rotatable bonds is 7. The molecule has 0 fully saturated rings. The summed E-state index contributed by atoms with van der Waals surface area (Å²) in [6.07, 6.45) is 2.63. The first kappa shape index (κ1) is 17.8. The van der Waals surface area contributed by atoms with Gasteiger partial charge in [0, 0.05) is 10.5 Å². The Morgan fingerprint density at radius 3 is 3.00 bits per heavy atom. The third-order valence-electron chi connectivity index (χ3n) is 3.27. The van der Waals surface area contributed by atoms with Crippen molar-refractivity contribution in [3.8, 4) is 5.75 Å². The highest BCUT2D eigenvalue weighted by Gasteiger charge is 2.24. The zero-order valence-corrected chi connectivity index (χ0v) is 14.4. The van der Waals surface area contributed by atoms with E-state index in [0.717, 1.165) is 23.0 Å². The van der Waals surface area contributed by atoms with Crippen molar-refractivity contribution in [2.45, 2.75) is 11.0 Å². The molecule has 2 heterocycles. The molecule has 1 atom stereocenters. The molecular weight excluding hydrogens is 361 g/mol. The third-order valence-corrected chi connectivity index (χ3v) is 3.79. The van der Waals surface area contributed by atoms with Crippen LogP contribution in [0, 0.1) is 5.82 Å². The fraction of sp³-hybridized carbons (Fsp3) is 0.125. The molecule has 8 nitrogen and oxygen atoms in total. The summed E-state index contributed by atoms with van der Waals surface area (Å²) in [7, 11) is 1.36. The van der Waals surface area contributed by atoms with Crippen molar-refractivity contribution in [2.24, 2.45) is 10.3 Å². The second-order valence-corrected chi connectivity index (χ2v) is 5.62. The average Bonchev–Trinajstić information content (AvgIpc) is 3.20. The molecule has 1 unspecified atom stereocenters. The van der Waals surface area contributed by atoms with Gasteiger partial charge in [0.25, 0.3) is 5.89 Å². The van der Waals surface area contributed by atoms with Gasteiger partial charge in [0.05, 0.1) is 18.1 Å². The van der Waals surface area contributed by atoms with Crippen LogP contribution in [-0.4, -0.2) is 28.5 Å². The van der Waals surface area contributed by atoms with Gasteiger partial charge in [-0.25, -0.2) is 4.39 Å². The lowest BCUT2D eigenvalue weighted by molar-refractivity contribution is 0.202. The van der Waals surface area contributed by atoms with Gasteiger partial charge in [-0.3, -0.25) is 10.1 Å². The van der Waals surface area contributed by atoms with E-state index >= 15 is 0 Å². The molecule has 0 amide bonds. The number of hydrogen-bond acceptors (Lipinski definition) is 9. The van der Waals surface area contributed by atoms with Crippen LogP contribution in [0.3, 0.4) is 0 Å². The second kappa shape index (κ2) is 8.41. The van der Waals surface area contributed by atoms with E-state index in [4.69, 9.17) is 14.3 Å². The standard InChI is InChI=1S/C16H14FN5O3S/c1-23-21-7-10-5-14(19-8-13(10)17)15(16-22-20-9-24-16)25-11-3-2-4-12(6-11)26-18/h2-9,15H,18H2,1H3/b21-7+. The van der Waals surface area contributed by atoms with E-state index in [0.29, 0.717) is 11.4 Å². The van der Waals surface area contributed by atoms with Crippen LogP contribution >= 0.6 is 11.9 Å². The van der Waals surface area contributed by atoms with Crippen molar-refractivity contribution < 1.29 is 18.4 Å². The number of ether oxygens (including phenoxy) is 1. The summed E-state index contributed by atoms with van der Waals surface area (Å²) in [5.74, 6) is 0.131. The van der Waals surface area contributed by atoms with E-state index < -0.39 is 11.9 Å². The molecule has 3 aromatic rings. The lowest BCUT2D eigenvalue weighted by Gasteiger charge is -2.16. The highest BCUT2D eigenvalue weighted by atomic mass is 32.2. The summed E-state index contributed by atoms with van der Waals surface area (Å²) in [6.45, 7) is 0. The van der Waals surface area contributed by atoms with Crippen molar-refractivity contribution in [1.82, 2.24) is 15.2 Å². The van der Waals surface area contributed by atoms with E-state index in [2.05, 4.69) is 25.2 Å². The van der Waals surface area contributed by atoms with Crippen molar-refractivity contribution in [3.63, 3.8) is 0 Å². The Balaban J connectivity index is 1.98. The molecule has 0 aliphatic heterocycles. The Bertz CT molecular complexity index is 891. The molecule has 0 saturated heterocycles. The largest absolute Gasteiger partial charge is 0.474 e. The van der Waals surface area contributed by atoms with Crippen LogP contribution in [0.25, 0.3) is 0 Å². The lowest BCUT2D eigenvalue weighted by atomic mass is 10.1. The van der Waals surface area contributed by atoms with Gasteiger partial charge in [-0.05, 0) is 36.2 Å². The number of oxime groups is 1. The molecule has 0 bridgehead atoms. The van der Waals surface area contributed by atoms with Crippen LogP contribution in [0.15, 0.2) is 57.4 Å². The molecule has 26 heavy (non-hydrogen) atoms. The van der Waals surface area contributed by atoms with Gasteiger partial charge in [-0.15, -0.1) is 10.2 Å². The molecule has 3 rings (SSSR count). The smallest absolute Gasteiger partial charge is 0.263 e. The fourth-order valence-electron chi connectivity index (χ4n) is 2.11. The maximum absolute atomic E-state index is 13.9. The Hall–Kier alpha value is -2.98. The molecule has 1 aromatic carbocycles. The van der Waals surface area contributed by atoms with Crippen molar-refractivity contribution in [3.05, 3.63) is 65.9 Å². The van der Waals surface area contributed by atoms with E-state index in [1.807, 2.05) is 6.07 Å². The minimum absolute atomic E-state index is 0.171. The number of benzene rings is 1. The Kier molecular flexibility index (Phi) is 5.77. The molecule has 0 aliphatic carbocycles. The molecule has 10 heteroatoms. The summed E-state index contributed by atoms with van der Waals surface area (Å²) in [5.41, 5.74) is 0.537. The summed E-state index contributed by atoms with van der Waals surface area (Å²) >= 11 is 1.09. The van der Waals surface area contributed by atoms with Gasteiger partial charge in [0.15, 0.2) is 0 Å². The first-order valence-corrected chi connectivity index (χ1v) is 8.20. The van der Waals surface area contributed by atoms with Crippen LogP contribution < -0.4 is 9.88 Å². The van der Waals surface area contributed by atoms with Gasteiger partial charge in [0.1, 0.15) is 18.7 Å². The van der Waals surface area contributed by atoms with Gasteiger partial charge < -0.3 is 14.0 Å². The number of pyridine rings is 1. The molecule has 2 aromatic heterocycles. The average molecular weight is 375 g/mol. The maximum Gasteiger partial charge on any atom is 0.263 e. The van der Waals surface area contributed by atoms with E-state index in [1.54, 1.807) is 18.2 Å². The summed E-state index contributed by atoms with van der Waals surface area (Å²) in [6, 6.07) is 8.61. The number of halogens is 1. The van der Waals surface area contributed by atoms with Gasteiger partial charge in [-0.2, -0.15) is 0 Å². The van der Waals surface area contributed by atoms with Crippen LogP contribution in [0.4, 0.5) is 4.39 Å². The van der Waals surface area contributed by atoms with E-state index in [1.165, 1.54) is 25.8 Å². The van der Waals surface area contributed by atoms with Gasteiger partial charge in [0.2, 0.25) is 12.5 Å².